The molecule has 0 bridgehead atoms. The molecule has 1 aliphatic heterocycles. The molecule has 0 unspecified atom stereocenters. The van der Waals surface area contributed by atoms with E-state index in [-0.39, 0.29) is 0 Å². The van der Waals surface area contributed by atoms with Crippen molar-refractivity contribution in [2.75, 3.05) is 0 Å². The van der Waals surface area contributed by atoms with Crippen LogP contribution in [0.3, 0.4) is 0 Å². The third-order valence-electron chi connectivity index (χ3n) is 12.4. The van der Waals surface area contributed by atoms with Gasteiger partial charge in [-0.2, -0.15) is 0 Å². The van der Waals surface area contributed by atoms with Crippen LogP contribution >= 0.6 is 11.8 Å². The van der Waals surface area contributed by atoms with Crippen molar-refractivity contribution in [3.05, 3.63) is 212 Å². The zero-order chi connectivity index (χ0) is 41.4. The Kier molecular flexibility index (Phi) is 8.08. The Morgan fingerprint density at radius 2 is 0.952 bits per heavy atom. The van der Waals surface area contributed by atoms with E-state index in [0.717, 1.165) is 50.2 Å². The Bertz CT molecular complexity index is 3750. The van der Waals surface area contributed by atoms with Gasteiger partial charge in [0.2, 0.25) is 0 Å². The standard InChI is InChI=1S/C57H35N5S/c1-3-14-36(15-4-1)40-18-11-19-41(34-40)55-58-54(39-30-28-38(29-31-39)45-23-12-17-37-16-7-8-22-44(37)45)59-56(60-55)42-32-33-46-49(35-42)61(43-20-5-2-6-21-43)57-52(46)47-24-13-27-51-53(47)62(57)48-25-9-10-26-50(48)63-51/h1-35H. The molecule has 0 saturated heterocycles. The van der Waals surface area contributed by atoms with Crippen LogP contribution in [0, 0.1) is 0 Å². The van der Waals surface area contributed by atoms with Crippen LogP contribution in [0.1, 0.15) is 0 Å². The van der Waals surface area contributed by atoms with E-state index in [9.17, 15) is 0 Å². The normalized spacial score (nSPS) is 12.1. The lowest BCUT2D eigenvalue weighted by Gasteiger charge is -2.21. The van der Waals surface area contributed by atoms with Crippen molar-refractivity contribution >= 4 is 55.4 Å². The van der Waals surface area contributed by atoms with Crippen molar-refractivity contribution < 1.29 is 0 Å². The number of para-hydroxylation sites is 3. The quantitative estimate of drug-likeness (QED) is 0.168. The van der Waals surface area contributed by atoms with Crippen LogP contribution < -0.4 is 0 Å². The predicted octanol–water partition coefficient (Wildman–Crippen LogP) is 14.9. The van der Waals surface area contributed by atoms with Crippen LogP contribution in [0.25, 0.3) is 111 Å². The monoisotopic (exact) mass is 821 g/mol. The molecule has 0 N–H and O–H groups in total. The maximum Gasteiger partial charge on any atom is 0.164 e. The van der Waals surface area contributed by atoms with Gasteiger partial charge in [0, 0.05) is 48.3 Å². The third kappa shape index (κ3) is 5.76. The van der Waals surface area contributed by atoms with Gasteiger partial charge in [0.05, 0.1) is 16.7 Å². The van der Waals surface area contributed by atoms with Crippen molar-refractivity contribution in [2.45, 2.75) is 9.79 Å². The minimum Gasteiger partial charge on any atom is -0.295 e. The molecule has 0 aliphatic carbocycles. The molecule has 294 valence electrons. The van der Waals surface area contributed by atoms with Gasteiger partial charge in [-0.1, -0.05) is 182 Å². The summed E-state index contributed by atoms with van der Waals surface area (Å²) < 4.78 is 4.89. The number of aromatic nitrogens is 5. The number of fused-ring (bicyclic) bond motifs is 8. The highest BCUT2D eigenvalue weighted by molar-refractivity contribution is 7.99. The lowest BCUT2D eigenvalue weighted by Crippen LogP contribution is -2.05. The highest BCUT2D eigenvalue weighted by Gasteiger charge is 2.28. The zero-order valence-corrected chi connectivity index (χ0v) is 34.7. The number of hydrogen-bond donors (Lipinski definition) is 0. The molecule has 3 aromatic heterocycles. The summed E-state index contributed by atoms with van der Waals surface area (Å²) in [5, 5.41) is 6.10. The van der Waals surface area contributed by atoms with Crippen LogP contribution in [0.5, 0.6) is 0 Å². The average Bonchev–Trinajstić information content (AvgIpc) is 3.88. The molecule has 5 nitrogen and oxygen atoms in total. The summed E-state index contributed by atoms with van der Waals surface area (Å²) >= 11 is 1.85. The molecule has 0 saturated carbocycles. The van der Waals surface area contributed by atoms with E-state index < -0.39 is 0 Å². The van der Waals surface area contributed by atoms with E-state index in [1.165, 1.54) is 53.5 Å². The van der Waals surface area contributed by atoms with Gasteiger partial charge in [0.15, 0.2) is 17.5 Å². The van der Waals surface area contributed by atoms with Gasteiger partial charge >= 0.3 is 0 Å². The molecular formula is C57H35N5S. The van der Waals surface area contributed by atoms with Gasteiger partial charge in [-0.05, 0) is 75.5 Å². The number of rotatable bonds is 6. The third-order valence-corrected chi connectivity index (χ3v) is 13.5. The molecule has 0 atom stereocenters. The van der Waals surface area contributed by atoms with Crippen molar-refractivity contribution in [1.82, 2.24) is 24.1 Å². The molecule has 13 rings (SSSR count). The summed E-state index contributed by atoms with van der Waals surface area (Å²) in [4.78, 5) is 18.3. The van der Waals surface area contributed by atoms with E-state index in [1.54, 1.807) is 0 Å². The number of hydrogen-bond acceptors (Lipinski definition) is 4. The van der Waals surface area contributed by atoms with Crippen LogP contribution in [0.15, 0.2) is 222 Å². The molecule has 12 aromatic rings. The summed E-state index contributed by atoms with van der Waals surface area (Å²) in [5.41, 5.74) is 13.1. The Labute approximate surface area is 367 Å². The van der Waals surface area contributed by atoms with E-state index >= 15 is 0 Å². The molecule has 0 radical (unpaired) electrons. The largest absolute Gasteiger partial charge is 0.295 e. The first-order chi connectivity index (χ1) is 31.2. The smallest absolute Gasteiger partial charge is 0.164 e. The highest BCUT2D eigenvalue weighted by Crippen LogP contribution is 2.49. The van der Waals surface area contributed by atoms with Crippen LogP contribution in [0.4, 0.5) is 0 Å². The highest BCUT2D eigenvalue weighted by atomic mass is 32.2. The summed E-state index contributed by atoms with van der Waals surface area (Å²) in [6.45, 7) is 0. The molecule has 9 aromatic carbocycles. The maximum absolute atomic E-state index is 5.28. The fourth-order valence-corrected chi connectivity index (χ4v) is 10.6. The van der Waals surface area contributed by atoms with E-state index in [1.807, 2.05) is 17.8 Å². The summed E-state index contributed by atoms with van der Waals surface area (Å²) in [6, 6.07) is 75.4. The molecule has 6 heteroatoms. The van der Waals surface area contributed by atoms with Crippen LogP contribution in [-0.4, -0.2) is 24.1 Å². The summed E-state index contributed by atoms with van der Waals surface area (Å²) in [5.74, 6) is 1.86. The summed E-state index contributed by atoms with van der Waals surface area (Å²) in [7, 11) is 0. The second-order valence-electron chi connectivity index (χ2n) is 16.0. The fourth-order valence-electron chi connectivity index (χ4n) is 9.46. The topological polar surface area (TPSA) is 48.5 Å². The van der Waals surface area contributed by atoms with Gasteiger partial charge in [0.1, 0.15) is 5.65 Å². The predicted molar refractivity (Wildman–Crippen MR) is 260 cm³/mol. The fraction of sp³-hybridized carbons (Fsp3) is 0. The van der Waals surface area contributed by atoms with Crippen molar-refractivity contribution in [3.8, 4) is 67.8 Å². The molecule has 0 amide bonds. The first-order valence-electron chi connectivity index (χ1n) is 21.2. The Morgan fingerprint density at radius 1 is 0.365 bits per heavy atom. The van der Waals surface area contributed by atoms with E-state index in [4.69, 9.17) is 15.0 Å². The lowest BCUT2D eigenvalue weighted by molar-refractivity contribution is 1.03. The minimum absolute atomic E-state index is 0.614. The molecular weight excluding hydrogens is 787 g/mol. The Hall–Kier alpha value is -8.06. The molecule has 4 heterocycles. The minimum atomic E-state index is 0.614. The van der Waals surface area contributed by atoms with Crippen molar-refractivity contribution in [2.24, 2.45) is 0 Å². The second kappa shape index (κ2) is 14.3. The molecule has 0 fully saturated rings. The van der Waals surface area contributed by atoms with E-state index in [0.29, 0.717) is 17.5 Å². The van der Waals surface area contributed by atoms with Gasteiger partial charge in [-0.25, -0.2) is 15.0 Å². The SMILES string of the molecule is c1ccc(-c2cccc(-c3nc(-c4ccc(-c5cccc6ccccc56)cc4)nc(-c4ccc5c6c7cccc8c7n(c6n(-c6ccccc6)c5c4)-c4ccccc4S8)n3)c2)cc1. The molecule has 1 aliphatic rings. The van der Waals surface area contributed by atoms with Crippen LogP contribution in [-0.2, 0) is 0 Å². The molecule has 0 spiro atoms. The number of benzene rings is 9. The maximum atomic E-state index is 5.28. The first kappa shape index (κ1) is 35.7. The van der Waals surface area contributed by atoms with Gasteiger partial charge in [-0.15, -0.1) is 0 Å². The Balaban J connectivity index is 1.03. The van der Waals surface area contributed by atoms with Crippen molar-refractivity contribution in [1.29, 1.82) is 0 Å². The molecule has 63 heavy (non-hydrogen) atoms. The second-order valence-corrected chi connectivity index (χ2v) is 17.1. The van der Waals surface area contributed by atoms with Gasteiger partial charge in [0.25, 0.3) is 0 Å². The van der Waals surface area contributed by atoms with Crippen molar-refractivity contribution in [3.63, 3.8) is 0 Å². The number of nitrogens with zero attached hydrogens (tertiary/aromatic N) is 5. The average molecular weight is 822 g/mol. The van der Waals surface area contributed by atoms with Crippen LogP contribution in [0.2, 0.25) is 0 Å². The summed E-state index contributed by atoms with van der Waals surface area (Å²) in [6.07, 6.45) is 0. The zero-order valence-electron chi connectivity index (χ0n) is 33.9. The lowest BCUT2D eigenvalue weighted by atomic mass is 9.97. The van der Waals surface area contributed by atoms with Gasteiger partial charge in [-0.3, -0.25) is 9.13 Å². The van der Waals surface area contributed by atoms with E-state index in [2.05, 4.69) is 215 Å². The van der Waals surface area contributed by atoms with Gasteiger partial charge < -0.3 is 0 Å². The Morgan fingerprint density at radius 3 is 1.79 bits per heavy atom. The first-order valence-corrected chi connectivity index (χ1v) is 22.0.